The zero-order valence-electron chi connectivity index (χ0n) is 10.8. The topological polar surface area (TPSA) is 74.8 Å². The number of benzene rings is 2. The zero-order valence-corrected chi connectivity index (χ0v) is 12.3. The molecule has 0 atom stereocenters. The number of carbonyl (C=O) groups is 1. The Balaban J connectivity index is 1.91. The molecule has 0 saturated heterocycles. The van der Waals surface area contributed by atoms with Gasteiger partial charge in [0, 0.05) is 15.7 Å². The first kappa shape index (κ1) is 13.5. The van der Waals surface area contributed by atoms with Crippen molar-refractivity contribution in [2.24, 2.45) is 0 Å². The molecule has 0 radical (unpaired) electrons. The van der Waals surface area contributed by atoms with Crippen LogP contribution >= 0.6 is 15.9 Å². The lowest BCUT2D eigenvalue weighted by molar-refractivity contribution is 0.102. The van der Waals surface area contributed by atoms with Crippen molar-refractivity contribution < 1.29 is 4.79 Å². The van der Waals surface area contributed by atoms with Gasteiger partial charge in [0.05, 0.1) is 17.2 Å². The number of fused-ring (bicyclic) bond motifs is 1. The molecule has 6 heteroatoms. The SMILES string of the molecule is O=C(Nc1ccc2nc[nH]c(=O)c2c1)c1ccc(Br)cc1. The summed E-state index contributed by atoms with van der Waals surface area (Å²) in [5.41, 5.74) is 1.44. The minimum atomic E-state index is -0.236. The van der Waals surface area contributed by atoms with Crippen molar-refractivity contribution in [3.8, 4) is 0 Å². The van der Waals surface area contributed by atoms with E-state index in [4.69, 9.17) is 0 Å². The molecule has 3 rings (SSSR count). The minimum absolute atomic E-state index is 0.234. The van der Waals surface area contributed by atoms with E-state index in [-0.39, 0.29) is 11.5 Å². The van der Waals surface area contributed by atoms with Gasteiger partial charge in [0.2, 0.25) is 0 Å². The van der Waals surface area contributed by atoms with Gasteiger partial charge in [-0.1, -0.05) is 15.9 Å². The smallest absolute Gasteiger partial charge is 0.258 e. The summed E-state index contributed by atoms with van der Waals surface area (Å²) >= 11 is 3.32. The molecule has 2 N–H and O–H groups in total. The maximum atomic E-state index is 12.1. The Morgan fingerprint density at radius 1 is 1.14 bits per heavy atom. The molecule has 1 aromatic heterocycles. The summed E-state index contributed by atoms with van der Waals surface area (Å²) in [6.07, 6.45) is 1.35. The fourth-order valence-electron chi connectivity index (χ4n) is 1.95. The Hall–Kier alpha value is -2.47. The Morgan fingerprint density at radius 3 is 2.67 bits per heavy atom. The number of rotatable bonds is 2. The first-order valence-corrected chi connectivity index (χ1v) is 6.97. The van der Waals surface area contributed by atoms with Crippen LogP contribution in [0, 0.1) is 0 Å². The summed E-state index contributed by atoms with van der Waals surface area (Å²) < 4.78 is 0.905. The lowest BCUT2D eigenvalue weighted by atomic mass is 10.2. The van der Waals surface area contributed by atoms with Crippen molar-refractivity contribution in [2.45, 2.75) is 0 Å². The van der Waals surface area contributed by atoms with Crippen LogP contribution in [0.15, 0.2) is 58.1 Å². The molecule has 2 aromatic carbocycles. The second-order valence-corrected chi connectivity index (χ2v) is 5.34. The number of amides is 1. The largest absolute Gasteiger partial charge is 0.322 e. The molecule has 0 fully saturated rings. The van der Waals surface area contributed by atoms with Gasteiger partial charge in [-0.25, -0.2) is 4.98 Å². The van der Waals surface area contributed by atoms with E-state index in [0.717, 1.165) is 4.47 Å². The second-order valence-electron chi connectivity index (χ2n) is 4.42. The highest BCUT2D eigenvalue weighted by Crippen LogP contribution is 2.16. The van der Waals surface area contributed by atoms with E-state index in [9.17, 15) is 9.59 Å². The Labute approximate surface area is 128 Å². The Bertz CT molecular complexity index is 872. The number of carbonyl (C=O) groups excluding carboxylic acids is 1. The van der Waals surface area contributed by atoms with Crippen molar-refractivity contribution >= 4 is 38.4 Å². The first-order valence-electron chi connectivity index (χ1n) is 6.18. The highest BCUT2D eigenvalue weighted by atomic mass is 79.9. The predicted molar refractivity (Wildman–Crippen MR) is 84.5 cm³/mol. The number of anilines is 1. The monoisotopic (exact) mass is 343 g/mol. The molecule has 104 valence electrons. The van der Waals surface area contributed by atoms with Gasteiger partial charge in [-0.3, -0.25) is 9.59 Å². The standard InChI is InChI=1S/C15H10BrN3O2/c16-10-3-1-9(2-4-10)14(20)19-11-5-6-13-12(7-11)15(21)18-8-17-13/h1-8H,(H,19,20)(H,17,18,21). The van der Waals surface area contributed by atoms with E-state index in [1.54, 1.807) is 42.5 Å². The lowest BCUT2D eigenvalue weighted by Gasteiger charge is -2.06. The van der Waals surface area contributed by atoms with Crippen molar-refractivity contribution in [1.82, 2.24) is 9.97 Å². The van der Waals surface area contributed by atoms with Gasteiger partial charge in [0.25, 0.3) is 11.5 Å². The quantitative estimate of drug-likeness (QED) is 0.751. The average molecular weight is 344 g/mol. The van der Waals surface area contributed by atoms with E-state index in [1.807, 2.05) is 0 Å². The van der Waals surface area contributed by atoms with E-state index in [0.29, 0.717) is 22.2 Å². The summed E-state index contributed by atoms with van der Waals surface area (Å²) in [4.78, 5) is 30.4. The number of aromatic nitrogens is 2. The molecule has 21 heavy (non-hydrogen) atoms. The van der Waals surface area contributed by atoms with Gasteiger partial charge in [-0.05, 0) is 42.5 Å². The molecule has 1 heterocycles. The van der Waals surface area contributed by atoms with E-state index in [2.05, 4.69) is 31.2 Å². The van der Waals surface area contributed by atoms with Crippen LogP contribution in [-0.4, -0.2) is 15.9 Å². The molecular weight excluding hydrogens is 334 g/mol. The molecule has 3 aromatic rings. The van der Waals surface area contributed by atoms with E-state index >= 15 is 0 Å². The number of nitrogens with zero attached hydrogens (tertiary/aromatic N) is 1. The maximum Gasteiger partial charge on any atom is 0.258 e. The number of nitrogens with one attached hydrogen (secondary N) is 2. The van der Waals surface area contributed by atoms with Gasteiger partial charge in [0.15, 0.2) is 0 Å². The molecule has 0 unspecified atom stereocenters. The van der Waals surface area contributed by atoms with E-state index < -0.39 is 0 Å². The Morgan fingerprint density at radius 2 is 1.90 bits per heavy atom. The summed E-state index contributed by atoms with van der Waals surface area (Å²) in [5.74, 6) is -0.234. The van der Waals surface area contributed by atoms with Crippen LogP contribution in [0.2, 0.25) is 0 Å². The molecule has 0 aliphatic carbocycles. The maximum absolute atomic E-state index is 12.1. The van der Waals surface area contributed by atoms with Crippen LogP contribution in [0.4, 0.5) is 5.69 Å². The van der Waals surface area contributed by atoms with Gasteiger partial charge < -0.3 is 10.3 Å². The molecule has 0 saturated carbocycles. The van der Waals surface area contributed by atoms with Crippen LogP contribution in [0.1, 0.15) is 10.4 Å². The molecule has 0 spiro atoms. The number of hydrogen-bond acceptors (Lipinski definition) is 3. The molecule has 0 bridgehead atoms. The van der Waals surface area contributed by atoms with Crippen molar-refractivity contribution in [2.75, 3.05) is 5.32 Å². The third-order valence-corrected chi connectivity index (χ3v) is 3.53. The number of H-pyrrole nitrogens is 1. The third-order valence-electron chi connectivity index (χ3n) is 3.00. The third kappa shape index (κ3) is 2.85. The predicted octanol–water partition coefficient (Wildman–Crippen LogP) is 2.94. The molecule has 0 aliphatic heterocycles. The second kappa shape index (κ2) is 5.49. The van der Waals surface area contributed by atoms with E-state index in [1.165, 1.54) is 6.33 Å². The van der Waals surface area contributed by atoms with Gasteiger partial charge in [0.1, 0.15) is 0 Å². The van der Waals surface area contributed by atoms with Crippen molar-refractivity contribution in [1.29, 1.82) is 0 Å². The van der Waals surface area contributed by atoms with Crippen LogP contribution in [0.5, 0.6) is 0 Å². The number of hydrogen-bond donors (Lipinski definition) is 2. The highest BCUT2D eigenvalue weighted by molar-refractivity contribution is 9.10. The summed E-state index contributed by atoms with van der Waals surface area (Å²) in [6.45, 7) is 0. The van der Waals surface area contributed by atoms with Gasteiger partial charge >= 0.3 is 0 Å². The van der Waals surface area contributed by atoms with Crippen LogP contribution < -0.4 is 10.9 Å². The number of halogens is 1. The molecule has 1 amide bonds. The Kier molecular flexibility index (Phi) is 3.53. The normalized spacial score (nSPS) is 10.5. The molecule has 0 aliphatic rings. The summed E-state index contributed by atoms with van der Waals surface area (Å²) in [7, 11) is 0. The van der Waals surface area contributed by atoms with Crippen LogP contribution in [-0.2, 0) is 0 Å². The molecule has 5 nitrogen and oxygen atoms in total. The first-order chi connectivity index (χ1) is 10.1. The number of aromatic amines is 1. The highest BCUT2D eigenvalue weighted by Gasteiger charge is 2.07. The van der Waals surface area contributed by atoms with Gasteiger partial charge in [-0.15, -0.1) is 0 Å². The lowest BCUT2D eigenvalue weighted by Crippen LogP contribution is -2.12. The fraction of sp³-hybridized carbons (Fsp3) is 0. The van der Waals surface area contributed by atoms with Gasteiger partial charge in [-0.2, -0.15) is 0 Å². The fourth-order valence-corrected chi connectivity index (χ4v) is 2.22. The molecular formula is C15H10BrN3O2. The van der Waals surface area contributed by atoms with Crippen LogP contribution in [0.3, 0.4) is 0 Å². The van der Waals surface area contributed by atoms with Crippen molar-refractivity contribution in [3.63, 3.8) is 0 Å². The summed E-state index contributed by atoms with van der Waals surface area (Å²) in [6, 6.07) is 12.0. The average Bonchev–Trinajstić information content (AvgIpc) is 2.49. The van der Waals surface area contributed by atoms with Crippen LogP contribution in [0.25, 0.3) is 10.9 Å². The van der Waals surface area contributed by atoms with Crippen molar-refractivity contribution in [3.05, 3.63) is 69.2 Å². The minimum Gasteiger partial charge on any atom is -0.322 e. The zero-order chi connectivity index (χ0) is 14.8. The summed E-state index contributed by atoms with van der Waals surface area (Å²) in [5, 5.41) is 3.20.